The third-order valence-electron chi connectivity index (χ3n) is 4.15. The summed E-state index contributed by atoms with van der Waals surface area (Å²) in [6.07, 6.45) is 2.38. The van der Waals surface area contributed by atoms with Crippen molar-refractivity contribution in [1.29, 1.82) is 0 Å². The number of carbonyl (C=O) groups is 1. The van der Waals surface area contributed by atoms with Crippen LogP contribution in [-0.4, -0.2) is 23.5 Å². The molecular weight excluding hydrogens is 236 g/mol. The fraction of sp³-hybridized carbons (Fsp3) is 0.562. The fourth-order valence-electron chi connectivity index (χ4n) is 2.72. The summed E-state index contributed by atoms with van der Waals surface area (Å²) >= 11 is 0. The maximum atomic E-state index is 12.5. The topological polar surface area (TPSA) is 32.3 Å². The SMILES string of the molecule is CCC(CC)CN1C(=O)C(c2ccccc2)NC1C. The molecule has 1 heterocycles. The molecule has 1 N–H and O–H groups in total. The molecule has 0 spiro atoms. The van der Waals surface area contributed by atoms with Gasteiger partial charge in [0.25, 0.3) is 0 Å². The summed E-state index contributed by atoms with van der Waals surface area (Å²) in [5.41, 5.74) is 1.06. The van der Waals surface area contributed by atoms with Crippen LogP contribution in [0.1, 0.15) is 45.2 Å². The Morgan fingerprint density at radius 1 is 1.21 bits per heavy atom. The van der Waals surface area contributed by atoms with Crippen molar-refractivity contribution in [2.75, 3.05) is 6.54 Å². The summed E-state index contributed by atoms with van der Waals surface area (Å²) in [4.78, 5) is 14.5. The van der Waals surface area contributed by atoms with Crippen LogP contribution in [0.25, 0.3) is 0 Å². The minimum Gasteiger partial charge on any atom is -0.325 e. The lowest BCUT2D eigenvalue weighted by Gasteiger charge is -2.25. The van der Waals surface area contributed by atoms with E-state index in [1.54, 1.807) is 0 Å². The monoisotopic (exact) mass is 260 g/mol. The largest absolute Gasteiger partial charge is 0.325 e. The standard InChI is InChI=1S/C16H24N2O/c1-4-13(5-2)11-18-12(3)17-15(16(18)19)14-9-7-6-8-10-14/h6-10,12-13,15,17H,4-5,11H2,1-3H3. The molecule has 1 aromatic rings. The lowest BCUT2D eigenvalue weighted by Crippen LogP contribution is -2.38. The average Bonchev–Trinajstić information content (AvgIpc) is 2.73. The molecular formula is C16H24N2O. The van der Waals surface area contributed by atoms with E-state index in [-0.39, 0.29) is 18.1 Å². The van der Waals surface area contributed by atoms with Gasteiger partial charge in [0.15, 0.2) is 0 Å². The second-order valence-electron chi connectivity index (χ2n) is 5.36. The predicted molar refractivity (Wildman–Crippen MR) is 77.6 cm³/mol. The van der Waals surface area contributed by atoms with Gasteiger partial charge in [-0.15, -0.1) is 0 Å². The first-order valence-corrected chi connectivity index (χ1v) is 7.28. The van der Waals surface area contributed by atoms with Gasteiger partial charge in [-0.2, -0.15) is 0 Å². The fourth-order valence-corrected chi connectivity index (χ4v) is 2.72. The van der Waals surface area contributed by atoms with Gasteiger partial charge < -0.3 is 4.90 Å². The Balaban J connectivity index is 2.10. The van der Waals surface area contributed by atoms with Crippen LogP contribution in [0.2, 0.25) is 0 Å². The first-order valence-electron chi connectivity index (χ1n) is 7.28. The van der Waals surface area contributed by atoms with Crippen LogP contribution in [0.5, 0.6) is 0 Å². The van der Waals surface area contributed by atoms with Crippen LogP contribution < -0.4 is 5.32 Å². The molecule has 0 radical (unpaired) electrons. The number of hydrogen-bond donors (Lipinski definition) is 1. The quantitative estimate of drug-likeness (QED) is 0.883. The van der Waals surface area contributed by atoms with Crippen molar-refractivity contribution in [3.05, 3.63) is 35.9 Å². The highest BCUT2D eigenvalue weighted by Crippen LogP contribution is 2.25. The Kier molecular flexibility index (Phi) is 4.59. The van der Waals surface area contributed by atoms with Gasteiger partial charge in [-0.25, -0.2) is 0 Å². The Labute approximate surface area is 116 Å². The summed E-state index contributed by atoms with van der Waals surface area (Å²) < 4.78 is 0. The average molecular weight is 260 g/mol. The smallest absolute Gasteiger partial charge is 0.245 e. The highest BCUT2D eigenvalue weighted by Gasteiger charge is 2.37. The number of nitrogens with zero attached hydrogens (tertiary/aromatic N) is 1. The van der Waals surface area contributed by atoms with Crippen molar-refractivity contribution < 1.29 is 4.79 Å². The van der Waals surface area contributed by atoms with Crippen molar-refractivity contribution in [3.63, 3.8) is 0 Å². The highest BCUT2D eigenvalue weighted by atomic mass is 16.2. The number of amides is 1. The van der Waals surface area contributed by atoms with Gasteiger partial charge in [0.1, 0.15) is 6.04 Å². The van der Waals surface area contributed by atoms with Gasteiger partial charge in [0.05, 0.1) is 6.17 Å². The van der Waals surface area contributed by atoms with Crippen molar-refractivity contribution in [2.24, 2.45) is 5.92 Å². The van der Waals surface area contributed by atoms with Gasteiger partial charge in [0.2, 0.25) is 5.91 Å². The maximum Gasteiger partial charge on any atom is 0.245 e. The van der Waals surface area contributed by atoms with Crippen LogP contribution in [0, 0.1) is 5.92 Å². The Morgan fingerprint density at radius 3 is 2.42 bits per heavy atom. The van der Waals surface area contributed by atoms with Crippen molar-refractivity contribution in [2.45, 2.75) is 45.8 Å². The molecule has 2 rings (SSSR count). The van der Waals surface area contributed by atoms with Gasteiger partial charge in [-0.05, 0) is 18.4 Å². The molecule has 1 aromatic carbocycles. The van der Waals surface area contributed by atoms with E-state index in [1.807, 2.05) is 35.2 Å². The predicted octanol–water partition coefficient (Wildman–Crippen LogP) is 2.94. The molecule has 3 nitrogen and oxygen atoms in total. The van der Waals surface area contributed by atoms with E-state index >= 15 is 0 Å². The summed E-state index contributed by atoms with van der Waals surface area (Å²) in [6.45, 7) is 7.33. The second-order valence-corrected chi connectivity index (χ2v) is 5.36. The third kappa shape index (κ3) is 2.98. The second kappa shape index (κ2) is 6.20. The number of nitrogens with one attached hydrogen (secondary N) is 1. The van der Waals surface area contributed by atoms with Crippen LogP contribution in [0.3, 0.4) is 0 Å². The number of rotatable bonds is 5. The molecule has 1 aliphatic rings. The van der Waals surface area contributed by atoms with E-state index in [1.165, 1.54) is 0 Å². The van der Waals surface area contributed by atoms with Crippen LogP contribution in [-0.2, 0) is 4.79 Å². The van der Waals surface area contributed by atoms with Gasteiger partial charge >= 0.3 is 0 Å². The Bertz CT molecular complexity index is 414. The molecule has 0 aliphatic carbocycles. The lowest BCUT2D eigenvalue weighted by molar-refractivity contribution is -0.130. The maximum absolute atomic E-state index is 12.5. The molecule has 1 amide bonds. The van der Waals surface area contributed by atoms with Crippen molar-refractivity contribution in [1.82, 2.24) is 10.2 Å². The minimum absolute atomic E-state index is 0.123. The third-order valence-corrected chi connectivity index (χ3v) is 4.15. The van der Waals surface area contributed by atoms with Crippen molar-refractivity contribution in [3.8, 4) is 0 Å². The lowest BCUT2D eigenvalue weighted by atomic mass is 10.0. The van der Waals surface area contributed by atoms with Gasteiger partial charge in [-0.3, -0.25) is 10.1 Å². The molecule has 3 heteroatoms. The molecule has 0 saturated carbocycles. The molecule has 1 fully saturated rings. The minimum atomic E-state index is -0.175. The molecule has 0 aromatic heterocycles. The molecule has 104 valence electrons. The highest BCUT2D eigenvalue weighted by molar-refractivity contribution is 5.85. The summed E-state index contributed by atoms with van der Waals surface area (Å²) in [5.74, 6) is 0.813. The van der Waals surface area contributed by atoms with E-state index in [0.717, 1.165) is 24.9 Å². The zero-order valence-electron chi connectivity index (χ0n) is 12.1. The zero-order valence-corrected chi connectivity index (χ0v) is 12.1. The van der Waals surface area contributed by atoms with E-state index in [9.17, 15) is 4.79 Å². The van der Waals surface area contributed by atoms with E-state index in [0.29, 0.717) is 5.92 Å². The Hall–Kier alpha value is -1.35. The summed E-state index contributed by atoms with van der Waals surface area (Å²) in [7, 11) is 0. The first kappa shape index (κ1) is 14.1. The molecule has 2 atom stereocenters. The number of hydrogen-bond acceptors (Lipinski definition) is 2. The van der Waals surface area contributed by atoms with Crippen LogP contribution >= 0.6 is 0 Å². The van der Waals surface area contributed by atoms with E-state index in [2.05, 4.69) is 26.1 Å². The normalized spacial score (nSPS) is 23.4. The molecule has 19 heavy (non-hydrogen) atoms. The summed E-state index contributed by atoms with van der Waals surface area (Å²) in [5, 5.41) is 3.40. The number of carbonyl (C=O) groups excluding carboxylic acids is 1. The van der Waals surface area contributed by atoms with Gasteiger partial charge in [-0.1, -0.05) is 57.0 Å². The molecule has 1 saturated heterocycles. The van der Waals surface area contributed by atoms with Gasteiger partial charge in [0, 0.05) is 6.54 Å². The Morgan fingerprint density at radius 2 is 1.84 bits per heavy atom. The van der Waals surface area contributed by atoms with Crippen molar-refractivity contribution >= 4 is 5.91 Å². The molecule has 1 aliphatic heterocycles. The van der Waals surface area contributed by atoms with Crippen LogP contribution in [0.4, 0.5) is 0 Å². The molecule has 0 bridgehead atoms. The zero-order chi connectivity index (χ0) is 13.8. The van der Waals surface area contributed by atoms with E-state index < -0.39 is 0 Å². The van der Waals surface area contributed by atoms with E-state index in [4.69, 9.17) is 0 Å². The summed E-state index contributed by atoms with van der Waals surface area (Å²) in [6, 6.07) is 9.81. The number of benzene rings is 1. The van der Waals surface area contributed by atoms with Crippen LogP contribution in [0.15, 0.2) is 30.3 Å². The first-order chi connectivity index (χ1) is 9.17. The molecule has 2 unspecified atom stereocenters.